The van der Waals surface area contributed by atoms with Crippen molar-refractivity contribution in [3.63, 3.8) is 0 Å². The summed E-state index contributed by atoms with van der Waals surface area (Å²) < 4.78 is 5.36. The summed E-state index contributed by atoms with van der Waals surface area (Å²) in [5.74, 6) is 1.38. The Hall–Kier alpha value is -1.80. The Labute approximate surface area is 120 Å². The molecule has 0 aliphatic heterocycles. The minimum absolute atomic E-state index is 0.427. The molecule has 2 heteroatoms. The molecule has 2 unspecified atom stereocenters. The molecular formula is C18H21NO. The van der Waals surface area contributed by atoms with E-state index in [1.807, 2.05) is 0 Å². The summed E-state index contributed by atoms with van der Waals surface area (Å²) in [5, 5.41) is 3.49. The summed E-state index contributed by atoms with van der Waals surface area (Å²) in [4.78, 5) is 0. The first-order chi connectivity index (χ1) is 9.83. The van der Waals surface area contributed by atoms with Crippen LogP contribution in [0.5, 0.6) is 5.75 Å². The van der Waals surface area contributed by atoms with Gasteiger partial charge < -0.3 is 10.1 Å². The maximum atomic E-state index is 5.36. The fourth-order valence-corrected chi connectivity index (χ4v) is 3.31. The third-order valence-electron chi connectivity index (χ3n) is 4.34. The van der Waals surface area contributed by atoms with Crippen molar-refractivity contribution in [1.82, 2.24) is 5.32 Å². The van der Waals surface area contributed by atoms with Crippen molar-refractivity contribution in [2.24, 2.45) is 0 Å². The van der Waals surface area contributed by atoms with E-state index in [4.69, 9.17) is 4.74 Å². The van der Waals surface area contributed by atoms with Gasteiger partial charge in [0.05, 0.1) is 7.11 Å². The topological polar surface area (TPSA) is 21.3 Å². The predicted octanol–water partition coefficient (Wildman–Crippen LogP) is 3.36. The van der Waals surface area contributed by atoms with Gasteiger partial charge in [-0.3, -0.25) is 0 Å². The molecule has 0 heterocycles. The van der Waals surface area contributed by atoms with Crippen LogP contribution in [0.2, 0.25) is 0 Å². The number of likely N-dealkylation sites (N-methyl/N-ethyl adjacent to an activating group) is 1. The zero-order valence-electron chi connectivity index (χ0n) is 12.1. The largest absolute Gasteiger partial charge is 0.497 e. The van der Waals surface area contributed by atoms with E-state index in [0.717, 1.165) is 18.6 Å². The number of fused-ring (bicyclic) bond motifs is 1. The molecule has 2 atom stereocenters. The van der Waals surface area contributed by atoms with E-state index in [-0.39, 0.29) is 0 Å². The molecule has 1 aliphatic rings. The van der Waals surface area contributed by atoms with Crippen LogP contribution >= 0.6 is 0 Å². The van der Waals surface area contributed by atoms with Crippen LogP contribution in [-0.2, 0) is 6.42 Å². The lowest BCUT2D eigenvalue weighted by Crippen LogP contribution is -2.36. The van der Waals surface area contributed by atoms with Gasteiger partial charge in [0.15, 0.2) is 0 Å². The molecule has 3 rings (SSSR count). The van der Waals surface area contributed by atoms with Crippen molar-refractivity contribution in [2.45, 2.75) is 24.8 Å². The second-order valence-electron chi connectivity index (χ2n) is 5.39. The molecule has 2 aromatic rings. The monoisotopic (exact) mass is 267 g/mol. The fraction of sp³-hybridized carbons (Fsp3) is 0.333. The van der Waals surface area contributed by atoms with Crippen LogP contribution in [0.3, 0.4) is 0 Å². The first-order valence-electron chi connectivity index (χ1n) is 7.22. The van der Waals surface area contributed by atoms with Gasteiger partial charge in [0.25, 0.3) is 0 Å². The normalized spacial score (nSPS) is 21.3. The molecule has 0 bridgehead atoms. The lowest BCUT2D eigenvalue weighted by molar-refractivity contribution is 0.410. The molecule has 0 spiro atoms. The highest BCUT2D eigenvalue weighted by atomic mass is 16.5. The predicted molar refractivity (Wildman–Crippen MR) is 82.4 cm³/mol. The van der Waals surface area contributed by atoms with Crippen molar-refractivity contribution in [1.29, 1.82) is 0 Å². The minimum Gasteiger partial charge on any atom is -0.497 e. The Bertz CT molecular complexity index is 579. The summed E-state index contributed by atoms with van der Waals surface area (Å²) in [6.45, 7) is 0. The summed E-state index contributed by atoms with van der Waals surface area (Å²) in [5.41, 5.74) is 4.24. The average molecular weight is 267 g/mol. The quantitative estimate of drug-likeness (QED) is 0.920. The van der Waals surface area contributed by atoms with Gasteiger partial charge in [-0.2, -0.15) is 0 Å². The molecule has 0 aromatic heterocycles. The zero-order chi connectivity index (χ0) is 13.9. The van der Waals surface area contributed by atoms with Crippen LogP contribution < -0.4 is 10.1 Å². The number of aryl methyl sites for hydroxylation is 1. The number of ether oxygens (including phenoxy) is 1. The summed E-state index contributed by atoms with van der Waals surface area (Å²) in [6, 6.07) is 17.8. The van der Waals surface area contributed by atoms with E-state index in [1.165, 1.54) is 16.7 Å². The lowest BCUT2D eigenvalue weighted by Gasteiger charge is -2.34. The number of methoxy groups -OCH3 is 1. The number of benzene rings is 2. The van der Waals surface area contributed by atoms with Gasteiger partial charge in [0.1, 0.15) is 5.75 Å². The minimum atomic E-state index is 0.427. The van der Waals surface area contributed by atoms with Gasteiger partial charge in [-0.25, -0.2) is 0 Å². The zero-order valence-corrected chi connectivity index (χ0v) is 12.1. The van der Waals surface area contributed by atoms with Gasteiger partial charge >= 0.3 is 0 Å². The van der Waals surface area contributed by atoms with Crippen molar-refractivity contribution in [3.05, 3.63) is 65.2 Å². The third kappa shape index (κ3) is 2.32. The van der Waals surface area contributed by atoms with Crippen LogP contribution in [0, 0.1) is 0 Å². The number of nitrogens with one attached hydrogen (secondary N) is 1. The number of hydrogen-bond donors (Lipinski definition) is 1. The Morgan fingerprint density at radius 1 is 1.10 bits per heavy atom. The van der Waals surface area contributed by atoms with E-state index >= 15 is 0 Å². The van der Waals surface area contributed by atoms with Crippen LogP contribution in [0.1, 0.15) is 29.0 Å². The molecule has 1 aliphatic carbocycles. The first-order valence-corrected chi connectivity index (χ1v) is 7.22. The van der Waals surface area contributed by atoms with E-state index in [2.05, 4.69) is 60.9 Å². The highest BCUT2D eigenvalue weighted by Gasteiger charge is 2.29. The van der Waals surface area contributed by atoms with Crippen LogP contribution in [0.15, 0.2) is 48.5 Å². The number of rotatable bonds is 3. The first kappa shape index (κ1) is 13.2. The SMILES string of the molecule is CNC1CCc2cc(OC)ccc2C1c1ccccc1. The van der Waals surface area contributed by atoms with Gasteiger partial charge in [-0.15, -0.1) is 0 Å². The highest BCUT2D eigenvalue weighted by molar-refractivity contribution is 5.45. The van der Waals surface area contributed by atoms with Gasteiger partial charge in [-0.05, 0) is 48.7 Å². The smallest absolute Gasteiger partial charge is 0.119 e. The molecule has 0 fully saturated rings. The van der Waals surface area contributed by atoms with Crippen LogP contribution in [0.25, 0.3) is 0 Å². The highest BCUT2D eigenvalue weighted by Crippen LogP contribution is 2.38. The Balaban J connectivity index is 2.07. The van der Waals surface area contributed by atoms with E-state index in [9.17, 15) is 0 Å². The molecule has 20 heavy (non-hydrogen) atoms. The van der Waals surface area contributed by atoms with Gasteiger partial charge in [-0.1, -0.05) is 36.4 Å². The molecule has 0 amide bonds. The Morgan fingerprint density at radius 3 is 2.60 bits per heavy atom. The molecule has 0 saturated carbocycles. The molecule has 104 valence electrons. The Morgan fingerprint density at radius 2 is 1.90 bits per heavy atom. The van der Waals surface area contributed by atoms with Gasteiger partial charge in [0.2, 0.25) is 0 Å². The molecule has 1 N–H and O–H groups in total. The third-order valence-corrected chi connectivity index (χ3v) is 4.34. The fourth-order valence-electron chi connectivity index (χ4n) is 3.31. The summed E-state index contributed by atoms with van der Waals surface area (Å²) >= 11 is 0. The Kier molecular flexibility index (Phi) is 3.75. The summed E-state index contributed by atoms with van der Waals surface area (Å²) in [7, 11) is 3.80. The maximum absolute atomic E-state index is 5.36. The van der Waals surface area contributed by atoms with Crippen LogP contribution in [0.4, 0.5) is 0 Å². The van der Waals surface area contributed by atoms with Crippen molar-refractivity contribution < 1.29 is 4.74 Å². The maximum Gasteiger partial charge on any atom is 0.119 e. The average Bonchev–Trinajstić information content (AvgIpc) is 2.53. The van der Waals surface area contributed by atoms with Gasteiger partial charge in [0, 0.05) is 12.0 Å². The number of hydrogen-bond acceptors (Lipinski definition) is 2. The molecule has 2 nitrogen and oxygen atoms in total. The van der Waals surface area contributed by atoms with Crippen LogP contribution in [-0.4, -0.2) is 20.2 Å². The standard InChI is InChI=1S/C18H21NO/c1-19-17-11-8-14-12-15(20-2)9-10-16(14)18(17)13-6-4-3-5-7-13/h3-7,9-10,12,17-19H,8,11H2,1-2H3. The van der Waals surface area contributed by atoms with E-state index < -0.39 is 0 Å². The second kappa shape index (κ2) is 5.68. The van der Waals surface area contributed by atoms with Crippen molar-refractivity contribution in [2.75, 3.05) is 14.2 Å². The molecule has 0 radical (unpaired) electrons. The van der Waals surface area contributed by atoms with Crippen molar-refractivity contribution >= 4 is 0 Å². The van der Waals surface area contributed by atoms with E-state index in [0.29, 0.717) is 12.0 Å². The van der Waals surface area contributed by atoms with E-state index in [1.54, 1.807) is 7.11 Å². The molecule has 2 aromatic carbocycles. The second-order valence-corrected chi connectivity index (χ2v) is 5.39. The summed E-state index contributed by atoms with van der Waals surface area (Å²) in [6.07, 6.45) is 2.28. The lowest BCUT2D eigenvalue weighted by atomic mass is 9.75. The molecular weight excluding hydrogens is 246 g/mol. The molecule has 0 saturated heterocycles. The van der Waals surface area contributed by atoms with Crippen molar-refractivity contribution in [3.8, 4) is 5.75 Å².